The summed E-state index contributed by atoms with van der Waals surface area (Å²) in [5.41, 5.74) is 0.990. The Labute approximate surface area is 301 Å². The molecule has 2 aliphatic rings. The first-order valence-electron chi connectivity index (χ1n) is 14.7. The molecule has 1 N–H and O–H groups in total. The molecule has 0 radical (unpaired) electrons. The van der Waals surface area contributed by atoms with Gasteiger partial charge >= 0.3 is 12.2 Å². The topological polar surface area (TPSA) is 91.4 Å². The second-order valence-electron chi connectivity index (χ2n) is 12.5. The smallest absolute Gasteiger partial charge is 0.410 e. The van der Waals surface area contributed by atoms with Gasteiger partial charge in [-0.15, -0.1) is 0 Å². The first kappa shape index (κ1) is 42.1. The van der Waals surface area contributed by atoms with Crippen LogP contribution in [0.5, 0.6) is 0 Å². The van der Waals surface area contributed by atoms with E-state index >= 15 is 0 Å². The van der Waals surface area contributed by atoms with Gasteiger partial charge in [-0.2, -0.15) is 0 Å². The van der Waals surface area contributed by atoms with Gasteiger partial charge in [-0.3, -0.25) is 9.69 Å². The fourth-order valence-corrected chi connectivity index (χ4v) is 5.66. The number of ether oxygens (including phenoxy) is 2. The summed E-state index contributed by atoms with van der Waals surface area (Å²) >= 11 is 18.3. The van der Waals surface area contributed by atoms with E-state index in [4.69, 9.17) is 32.7 Å². The number of rotatable bonds is 3. The molecule has 0 spiro atoms. The van der Waals surface area contributed by atoms with E-state index in [1.165, 1.54) is 5.56 Å². The number of carbonyl (C=O) groups is 3. The van der Waals surface area contributed by atoms with E-state index in [9.17, 15) is 14.4 Å². The SMILES string of the molecule is C.CC(C)(C)OC(=O)N1CCN(Cc2ccc(Cl)cc2Br)CC1.CC(C)(C)OC(=O)N1CCNCC1.O=Cc1ccc(Cl)cc1Br. The lowest BCUT2D eigenvalue weighted by Crippen LogP contribution is -2.49. The summed E-state index contributed by atoms with van der Waals surface area (Å²) in [5, 5.41) is 4.53. The van der Waals surface area contributed by atoms with Crippen molar-refractivity contribution >= 4 is 73.5 Å². The third-order valence-corrected chi connectivity index (χ3v) is 8.19. The monoisotopic (exact) mass is 808 g/mol. The Morgan fingerprint density at radius 2 is 1.24 bits per heavy atom. The minimum absolute atomic E-state index is 0. The van der Waals surface area contributed by atoms with E-state index < -0.39 is 5.60 Å². The van der Waals surface area contributed by atoms with Crippen LogP contribution in [0.4, 0.5) is 9.59 Å². The molecule has 4 rings (SSSR count). The van der Waals surface area contributed by atoms with Gasteiger partial charge in [0.15, 0.2) is 6.29 Å². The normalized spacial score (nSPS) is 15.3. The first-order valence-corrected chi connectivity index (χ1v) is 17.0. The number of hydrogen-bond donors (Lipinski definition) is 1. The molecular formula is C33H48Br2Cl2N4O5. The summed E-state index contributed by atoms with van der Waals surface area (Å²) in [6, 6.07) is 10.9. The van der Waals surface area contributed by atoms with E-state index in [-0.39, 0.29) is 25.2 Å². The van der Waals surface area contributed by atoms with E-state index in [0.29, 0.717) is 23.7 Å². The first-order chi connectivity index (χ1) is 21.0. The summed E-state index contributed by atoms with van der Waals surface area (Å²) in [5.74, 6) is 0. The van der Waals surface area contributed by atoms with Crippen LogP contribution in [0, 0.1) is 0 Å². The predicted octanol–water partition coefficient (Wildman–Crippen LogP) is 8.53. The zero-order valence-electron chi connectivity index (χ0n) is 26.8. The average molecular weight is 811 g/mol. The molecule has 0 aromatic heterocycles. The molecule has 0 unspecified atom stereocenters. The minimum Gasteiger partial charge on any atom is -0.444 e. The molecule has 2 aromatic carbocycles. The molecule has 13 heteroatoms. The number of hydrogen-bond acceptors (Lipinski definition) is 7. The number of carbonyl (C=O) groups excluding carboxylic acids is 3. The second-order valence-corrected chi connectivity index (χ2v) is 15.1. The highest BCUT2D eigenvalue weighted by Gasteiger charge is 2.26. The number of piperazine rings is 2. The third-order valence-electron chi connectivity index (χ3n) is 6.29. The highest BCUT2D eigenvalue weighted by atomic mass is 79.9. The van der Waals surface area contributed by atoms with Crippen molar-refractivity contribution in [3.05, 3.63) is 66.5 Å². The van der Waals surface area contributed by atoms with E-state index in [2.05, 4.69) is 42.1 Å². The number of aldehydes is 1. The number of halogens is 4. The van der Waals surface area contributed by atoms with Crippen molar-refractivity contribution in [2.75, 3.05) is 52.4 Å². The molecule has 2 saturated heterocycles. The van der Waals surface area contributed by atoms with Crippen molar-refractivity contribution in [1.82, 2.24) is 20.0 Å². The zero-order valence-corrected chi connectivity index (χ0v) is 31.5. The Morgan fingerprint density at radius 1 is 0.783 bits per heavy atom. The Hall–Kier alpha value is -1.89. The molecule has 2 amide bonds. The highest BCUT2D eigenvalue weighted by molar-refractivity contribution is 9.10. The van der Waals surface area contributed by atoms with Gasteiger partial charge in [0.2, 0.25) is 0 Å². The molecule has 2 heterocycles. The third kappa shape index (κ3) is 16.3. The summed E-state index contributed by atoms with van der Waals surface area (Å²) in [6.45, 7) is 18.4. The van der Waals surface area contributed by atoms with Crippen LogP contribution in [0.1, 0.15) is 64.9 Å². The van der Waals surface area contributed by atoms with Crippen molar-refractivity contribution in [3.8, 4) is 0 Å². The molecule has 9 nitrogen and oxygen atoms in total. The maximum Gasteiger partial charge on any atom is 0.410 e. The summed E-state index contributed by atoms with van der Waals surface area (Å²) in [4.78, 5) is 39.6. The fraction of sp³-hybridized carbons (Fsp3) is 0.545. The number of amides is 2. The summed E-state index contributed by atoms with van der Waals surface area (Å²) in [7, 11) is 0. The van der Waals surface area contributed by atoms with Crippen molar-refractivity contribution in [1.29, 1.82) is 0 Å². The van der Waals surface area contributed by atoms with Crippen molar-refractivity contribution in [3.63, 3.8) is 0 Å². The maximum absolute atomic E-state index is 12.0. The van der Waals surface area contributed by atoms with E-state index in [0.717, 1.165) is 66.1 Å². The Kier molecular flexibility index (Phi) is 18.2. The number of nitrogens with zero attached hydrogens (tertiary/aromatic N) is 3. The van der Waals surface area contributed by atoms with Gasteiger partial charge < -0.3 is 24.6 Å². The summed E-state index contributed by atoms with van der Waals surface area (Å²) < 4.78 is 12.4. The van der Waals surface area contributed by atoms with Crippen molar-refractivity contribution in [2.24, 2.45) is 0 Å². The molecule has 46 heavy (non-hydrogen) atoms. The van der Waals surface area contributed by atoms with Crippen LogP contribution >= 0.6 is 55.1 Å². The minimum atomic E-state index is -0.442. The van der Waals surface area contributed by atoms with E-state index in [1.807, 2.05) is 59.7 Å². The Bertz CT molecular complexity index is 1270. The quantitative estimate of drug-likeness (QED) is 0.311. The van der Waals surface area contributed by atoms with Crippen LogP contribution in [0.3, 0.4) is 0 Å². The van der Waals surface area contributed by atoms with Crippen LogP contribution in [-0.2, 0) is 16.0 Å². The van der Waals surface area contributed by atoms with Crippen LogP contribution < -0.4 is 5.32 Å². The molecule has 258 valence electrons. The largest absolute Gasteiger partial charge is 0.444 e. The number of benzene rings is 2. The molecule has 0 aliphatic carbocycles. The molecule has 0 bridgehead atoms. The Balaban J connectivity index is 0.000000375. The standard InChI is InChI=1S/C16H22BrClN2O2.C9H18N2O2.C7H4BrClO.CH4/c1-16(2,3)22-15(21)20-8-6-19(7-9-20)11-12-4-5-13(18)10-14(12)17;1-9(2,3)13-8(12)11-6-4-10-5-7-11;8-7-3-6(9)2-1-5(7)4-10;/h4-5,10H,6-9,11H2,1-3H3;10H,4-7H2,1-3H3;1-4H;1H4. The molecular weight excluding hydrogens is 763 g/mol. The zero-order chi connectivity index (χ0) is 33.8. The van der Waals surface area contributed by atoms with Gasteiger partial charge in [0.05, 0.1) is 0 Å². The molecule has 2 aromatic rings. The van der Waals surface area contributed by atoms with Crippen LogP contribution in [0.15, 0.2) is 45.3 Å². The van der Waals surface area contributed by atoms with Gasteiger partial charge in [0, 0.05) is 83.5 Å². The van der Waals surface area contributed by atoms with Gasteiger partial charge in [-0.1, -0.05) is 68.6 Å². The van der Waals surface area contributed by atoms with Crippen LogP contribution in [0.25, 0.3) is 0 Å². The van der Waals surface area contributed by atoms with E-state index in [1.54, 1.807) is 28.0 Å². The number of nitrogens with one attached hydrogen (secondary N) is 1. The van der Waals surface area contributed by atoms with Crippen LogP contribution in [-0.4, -0.2) is 96.7 Å². The van der Waals surface area contributed by atoms with Gasteiger partial charge in [-0.05, 0) is 77.4 Å². The highest BCUT2D eigenvalue weighted by Crippen LogP contribution is 2.24. The molecule has 0 saturated carbocycles. The van der Waals surface area contributed by atoms with Crippen LogP contribution in [0.2, 0.25) is 10.0 Å². The molecule has 2 aliphatic heterocycles. The molecule has 2 fully saturated rings. The average Bonchev–Trinajstić information content (AvgIpc) is 2.94. The van der Waals surface area contributed by atoms with Gasteiger partial charge in [0.1, 0.15) is 11.2 Å². The van der Waals surface area contributed by atoms with Gasteiger partial charge in [0.25, 0.3) is 0 Å². The fourth-order valence-electron chi connectivity index (χ4n) is 4.08. The second kappa shape index (κ2) is 19.8. The Morgan fingerprint density at radius 3 is 1.67 bits per heavy atom. The van der Waals surface area contributed by atoms with Crippen molar-refractivity contribution in [2.45, 2.75) is 66.7 Å². The summed E-state index contributed by atoms with van der Waals surface area (Å²) in [6.07, 6.45) is 0.356. The molecule has 0 atom stereocenters. The lowest BCUT2D eigenvalue weighted by molar-refractivity contribution is 0.0137. The lowest BCUT2D eigenvalue weighted by atomic mass is 10.2. The van der Waals surface area contributed by atoms with Crippen molar-refractivity contribution < 1.29 is 23.9 Å². The lowest BCUT2D eigenvalue weighted by Gasteiger charge is -2.35. The predicted molar refractivity (Wildman–Crippen MR) is 194 cm³/mol. The van der Waals surface area contributed by atoms with Gasteiger partial charge in [-0.25, -0.2) is 9.59 Å². The maximum atomic E-state index is 12.0.